The molecule has 1 amide bonds. The molecular formula is C23H24Cl2N2O. The summed E-state index contributed by atoms with van der Waals surface area (Å²) in [6.45, 7) is 7.44. The number of hydrogen-bond acceptors (Lipinski definition) is 1. The van der Waals surface area contributed by atoms with Gasteiger partial charge in [-0.2, -0.15) is 0 Å². The van der Waals surface area contributed by atoms with E-state index in [1.807, 2.05) is 73.1 Å². The van der Waals surface area contributed by atoms with E-state index in [1.54, 1.807) is 0 Å². The zero-order chi connectivity index (χ0) is 20.3. The summed E-state index contributed by atoms with van der Waals surface area (Å²) in [4.78, 5) is 13.1. The summed E-state index contributed by atoms with van der Waals surface area (Å²) in [5.74, 6) is 0.118. The zero-order valence-electron chi connectivity index (χ0n) is 16.3. The molecule has 0 radical (unpaired) electrons. The van der Waals surface area contributed by atoms with Gasteiger partial charge in [-0.15, -0.1) is 0 Å². The number of halogens is 2. The topological polar surface area (TPSA) is 34.0 Å². The first kappa shape index (κ1) is 20.5. The molecule has 0 spiro atoms. The molecule has 1 unspecified atom stereocenters. The van der Waals surface area contributed by atoms with E-state index in [0.717, 1.165) is 28.8 Å². The molecule has 3 nitrogen and oxygen atoms in total. The van der Waals surface area contributed by atoms with Crippen molar-refractivity contribution in [2.24, 2.45) is 0 Å². The Morgan fingerprint density at radius 3 is 2.18 bits per heavy atom. The van der Waals surface area contributed by atoms with E-state index in [1.165, 1.54) is 0 Å². The van der Waals surface area contributed by atoms with E-state index < -0.39 is 0 Å². The van der Waals surface area contributed by atoms with Crippen molar-refractivity contribution in [3.05, 3.63) is 81.6 Å². The minimum atomic E-state index is -0.0688. The molecule has 5 heteroatoms. The number of amides is 1. The lowest BCUT2D eigenvalue weighted by Gasteiger charge is -2.15. The molecule has 3 rings (SSSR count). The van der Waals surface area contributed by atoms with Gasteiger partial charge in [0.2, 0.25) is 0 Å². The van der Waals surface area contributed by atoms with Gasteiger partial charge in [0.1, 0.15) is 5.69 Å². The average Bonchev–Trinajstić information content (AvgIpc) is 3.03. The molecule has 2 aromatic carbocycles. The Kier molecular flexibility index (Phi) is 6.48. The van der Waals surface area contributed by atoms with Crippen LogP contribution in [0.3, 0.4) is 0 Å². The average molecular weight is 415 g/mol. The molecule has 0 aliphatic rings. The van der Waals surface area contributed by atoms with Crippen LogP contribution in [-0.4, -0.2) is 17.0 Å². The van der Waals surface area contributed by atoms with Gasteiger partial charge in [0, 0.05) is 34.9 Å². The molecule has 0 aliphatic carbocycles. The Hall–Kier alpha value is -2.23. The number of carbonyl (C=O) groups excluding carboxylic acids is 1. The highest BCUT2D eigenvalue weighted by Gasteiger charge is 2.21. The van der Waals surface area contributed by atoms with Gasteiger partial charge in [-0.1, -0.05) is 54.4 Å². The number of carbonyl (C=O) groups is 1. The van der Waals surface area contributed by atoms with Crippen molar-refractivity contribution in [2.75, 3.05) is 6.54 Å². The first-order valence-corrected chi connectivity index (χ1v) is 10.2. The highest BCUT2D eigenvalue weighted by molar-refractivity contribution is 6.30. The fourth-order valence-electron chi connectivity index (χ4n) is 3.41. The Labute approximate surface area is 176 Å². The predicted octanol–water partition coefficient (Wildman–Crippen LogP) is 6.32. The van der Waals surface area contributed by atoms with Crippen molar-refractivity contribution >= 4 is 29.1 Å². The van der Waals surface area contributed by atoms with Gasteiger partial charge in [-0.25, -0.2) is 0 Å². The molecule has 1 aromatic heterocycles. The van der Waals surface area contributed by atoms with Crippen LogP contribution in [0.15, 0.2) is 54.7 Å². The van der Waals surface area contributed by atoms with E-state index in [0.29, 0.717) is 22.3 Å². The van der Waals surface area contributed by atoms with E-state index in [9.17, 15) is 4.79 Å². The van der Waals surface area contributed by atoms with Crippen LogP contribution in [-0.2, 0) is 6.54 Å². The third-order valence-corrected chi connectivity index (χ3v) is 5.47. The molecular weight excluding hydrogens is 391 g/mol. The van der Waals surface area contributed by atoms with Crippen LogP contribution in [0.1, 0.15) is 41.4 Å². The van der Waals surface area contributed by atoms with Crippen molar-refractivity contribution in [3.63, 3.8) is 0 Å². The summed E-state index contributed by atoms with van der Waals surface area (Å²) in [5.41, 5.74) is 4.84. The Morgan fingerprint density at radius 2 is 1.61 bits per heavy atom. The van der Waals surface area contributed by atoms with E-state index in [2.05, 4.69) is 12.2 Å². The fourth-order valence-corrected chi connectivity index (χ4v) is 3.66. The number of benzene rings is 2. The molecule has 0 saturated heterocycles. The van der Waals surface area contributed by atoms with Gasteiger partial charge in [0.05, 0.1) is 0 Å². The maximum absolute atomic E-state index is 13.1. The van der Waals surface area contributed by atoms with Crippen LogP contribution in [0.2, 0.25) is 10.0 Å². The van der Waals surface area contributed by atoms with Gasteiger partial charge in [-0.05, 0) is 60.7 Å². The first-order chi connectivity index (χ1) is 13.4. The second kappa shape index (κ2) is 8.85. The molecule has 0 aliphatic heterocycles. The van der Waals surface area contributed by atoms with Gasteiger partial charge >= 0.3 is 0 Å². The third kappa shape index (κ3) is 4.43. The summed E-state index contributed by atoms with van der Waals surface area (Å²) in [6.07, 6.45) is 2.03. The van der Waals surface area contributed by atoms with E-state index in [4.69, 9.17) is 23.2 Å². The largest absolute Gasteiger partial charge is 0.350 e. The van der Waals surface area contributed by atoms with Crippen LogP contribution >= 0.6 is 23.2 Å². The zero-order valence-corrected chi connectivity index (χ0v) is 17.8. The monoisotopic (exact) mass is 414 g/mol. The lowest BCUT2D eigenvalue weighted by Crippen LogP contribution is -2.29. The molecule has 1 heterocycles. The first-order valence-electron chi connectivity index (χ1n) is 9.40. The van der Waals surface area contributed by atoms with Gasteiger partial charge in [0.25, 0.3) is 5.91 Å². The van der Waals surface area contributed by atoms with Crippen molar-refractivity contribution in [1.82, 2.24) is 9.88 Å². The molecule has 3 aromatic rings. The minimum absolute atomic E-state index is 0.0688. The number of rotatable bonds is 6. The Bertz CT molecular complexity index is 960. The third-order valence-electron chi connectivity index (χ3n) is 4.96. The molecule has 0 saturated carbocycles. The van der Waals surface area contributed by atoms with Gasteiger partial charge < -0.3 is 9.88 Å². The lowest BCUT2D eigenvalue weighted by molar-refractivity contribution is 0.0943. The molecule has 1 atom stereocenters. The van der Waals surface area contributed by atoms with Crippen molar-refractivity contribution in [2.45, 2.75) is 33.2 Å². The van der Waals surface area contributed by atoms with Crippen LogP contribution in [0.4, 0.5) is 0 Å². The van der Waals surface area contributed by atoms with E-state index in [-0.39, 0.29) is 11.8 Å². The van der Waals surface area contributed by atoms with Crippen LogP contribution in [0, 0.1) is 6.92 Å². The van der Waals surface area contributed by atoms with Crippen molar-refractivity contribution in [3.8, 4) is 11.1 Å². The number of nitrogens with one attached hydrogen (secondary N) is 1. The molecule has 0 bridgehead atoms. The molecule has 146 valence electrons. The maximum atomic E-state index is 13.1. The second-order valence-corrected chi connectivity index (χ2v) is 7.86. The Morgan fingerprint density at radius 1 is 1.04 bits per heavy atom. The summed E-state index contributed by atoms with van der Waals surface area (Å²) in [7, 11) is 0. The highest BCUT2D eigenvalue weighted by Crippen LogP contribution is 2.30. The number of aryl methyl sites for hydroxylation is 2. The SMILES string of the molecule is CCn1cc(C)c(-c2ccc(Cl)cc2)c1C(=O)NCC(C)c1ccc(Cl)cc1. The normalized spacial score (nSPS) is 12.0. The number of aromatic nitrogens is 1. The summed E-state index contributed by atoms with van der Waals surface area (Å²) in [6, 6.07) is 15.4. The summed E-state index contributed by atoms with van der Waals surface area (Å²) >= 11 is 12.0. The molecule has 0 fully saturated rings. The van der Waals surface area contributed by atoms with Crippen LogP contribution in [0.5, 0.6) is 0 Å². The lowest BCUT2D eigenvalue weighted by atomic mass is 10.00. The van der Waals surface area contributed by atoms with Crippen LogP contribution < -0.4 is 5.32 Å². The van der Waals surface area contributed by atoms with Gasteiger partial charge in [-0.3, -0.25) is 4.79 Å². The van der Waals surface area contributed by atoms with Crippen molar-refractivity contribution in [1.29, 1.82) is 0 Å². The maximum Gasteiger partial charge on any atom is 0.268 e. The standard InChI is InChI=1S/C23H24Cl2N2O/c1-4-27-14-16(3)21(18-7-11-20(25)12-8-18)22(27)23(28)26-13-15(2)17-5-9-19(24)10-6-17/h5-12,14-15H,4,13H2,1-3H3,(H,26,28). The summed E-state index contributed by atoms with van der Waals surface area (Å²) < 4.78 is 2.00. The number of nitrogens with zero attached hydrogens (tertiary/aromatic N) is 1. The van der Waals surface area contributed by atoms with Crippen molar-refractivity contribution < 1.29 is 4.79 Å². The highest BCUT2D eigenvalue weighted by atomic mass is 35.5. The Balaban J connectivity index is 1.84. The quantitative estimate of drug-likeness (QED) is 0.502. The smallest absolute Gasteiger partial charge is 0.268 e. The van der Waals surface area contributed by atoms with Gasteiger partial charge in [0.15, 0.2) is 0 Å². The predicted molar refractivity (Wildman–Crippen MR) is 117 cm³/mol. The molecule has 1 N–H and O–H groups in total. The fraction of sp³-hybridized carbons (Fsp3) is 0.261. The van der Waals surface area contributed by atoms with E-state index >= 15 is 0 Å². The second-order valence-electron chi connectivity index (χ2n) is 6.99. The van der Waals surface area contributed by atoms with Crippen LogP contribution in [0.25, 0.3) is 11.1 Å². The summed E-state index contributed by atoms with van der Waals surface area (Å²) in [5, 5.41) is 4.49. The number of hydrogen-bond donors (Lipinski definition) is 1. The minimum Gasteiger partial charge on any atom is -0.350 e. The molecule has 28 heavy (non-hydrogen) atoms.